The van der Waals surface area contributed by atoms with E-state index in [9.17, 15) is 9.90 Å². The van der Waals surface area contributed by atoms with Crippen LogP contribution in [0, 0.1) is 5.92 Å². The molecule has 1 aromatic carbocycles. The molecular weight excluding hydrogens is 270 g/mol. The molecule has 5 nitrogen and oxygen atoms in total. The van der Waals surface area contributed by atoms with E-state index >= 15 is 0 Å². The third-order valence-corrected chi connectivity index (χ3v) is 3.26. The number of benzene rings is 1. The highest BCUT2D eigenvalue weighted by Gasteiger charge is 2.20. The third kappa shape index (κ3) is 4.49. The minimum Gasteiger partial charge on any atom is -0.504 e. The molecular formula is C16H23NO4. The van der Waals surface area contributed by atoms with Crippen molar-refractivity contribution in [3.63, 3.8) is 0 Å². The standard InChI is InChI=1S/C16H23NO4/c1-5-6-12-7-11(8-13(21-4)15(12)18)9-17-14(10(2)3)16(19)20/h5,7-8,10,14,17-18H,1,6,9H2,2-4H3,(H,19,20)/t14-/m1/s1. The van der Waals surface area contributed by atoms with Gasteiger partial charge in [0.05, 0.1) is 7.11 Å². The lowest BCUT2D eigenvalue weighted by atomic mass is 10.0. The first-order valence-corrected chi connectivity index (χ1v) is 6.86. The first-order chi connectivity index (χ1) is 9.90. The molecule has 0 bridgehead atoms. The molecule has 3 N–H and O–H groups in total. The molecule has 21 heavy (non-hydrogen) atoms. The highest BCUT2D eigenvalue weighted by molar-refractivity contribution is 5.73. The normalized spacial score (nSPS) is 12.2. The number of hydrogen-bond acceptors (Lipinski definition) is 4. The van der Waals surface area contributed by atoms with Crippen molar-refractivity contribution in [2.75, 3.05) is 7.11 Å². The number of rotatable bonds is 8. The summed E-state index contributed by atoms with van der Waals surface area (Å²) in [6, 6.07) is 2.91. The van der Waals surface area contributed by atoms with E-state index in [0.717, 1.165) is 5.56 Å². The van der Waals surface area contributed by atoms with Crippen molar-refractivity contribution in [1.29, 1.82) is 0 Å². The maximum Gasteiger partial charge on any atom is 0.320 e. The van der Waals surface area contributed by atoms with Gasteiger partial charge in [0.15, 0.2) is 11.5 Å². The Morgan fingerprint density at radius 1 is 1.48 bits per heavy atom. The van der Waals surface area contributed by atoms with Crippen molar-refractivity contribution < 1.29 is 19.7 Å². The fraction of sp³-hybridized carbons (Fsp3) is 0.438. The average Bonchev–Trinajstić information content (AvgIpc) is 2.41. The van der Waals surface area contributed by atoms with Crippen LogP contribution >= 0.6 is 0 Å². The van der Waals surface area contributed by atoms with Crippen LogP contribution in [0.3, 0.4) is 0 Å². The van der Waals surface area contributed by atoms with Gasteiger partial charge in [-0.3, -0.25) is 4.79 Å². The Morgan fingerprint density at radius 2 is 2.14 bits per heavy atom. The van der Waals surface area contributed by atoms with Gasteiger partial charge in [-0.05, 0) is 24.0 Å². The summed E-state index contributed by atoms with van der Waals surface area (Å²) < 4.78 is 5.15. The molecule has 0 radical (unpaired) electrons. The van der Waals surface area contributed by atoms with Crippen molar-refractivity contribution in [3.8, 4) is 11.5 Å². The SMILES string of the molecule is C=CCc1cc(CN[C@@H](C(=O)O)C(C)C)cc(OC)c1O. The predicted octanol–water partition coefficient (Wildman–Crippen LogP) is 2.33. The lowest BCUT2D eigenvalue weighted by Gasteiger charge is -2.19. The molecule has 1 atom stereocenters. The van der Waals surface area contributed by atoms with Gasteiger partial charge < -0.3 is 20.3 Å². The number of allylic oxidation sites excluding steroid dienone is 1. The van der Waals surface area contributed by atoms with Crippen LogP contribution < -0.4 is 10.1 Å². The fourth-order valence-electron chi connectivity index (χ4n) is 2.13. The number of ether oxygens (including phenoxy) is 1. The largest absolute Gasteiger partial charge is 0.504 e. The van der Waals surface area contributed by atoms with Gasteiger partial charge in [-0.1, -0.05) is 26.0 Å². The van der Waals surface area contributed by atoms with Gasteiger partial charge in [-0.2, -0.15) is 0 Å². The summed E-state index contributed by atoms with van der Waals surface area (Å²) in [6.45, 7) is 7.75. The quantitative estimate of drug-likeness (QED) is 0.641. The van der Waals surface area contributed by atoms with Crippen molar-refractivity contribution >= 4 is 5.97 Å². The maximum absolute atomic E-state index is 11.2. The van der Waals surface area contributed by atoms with Gasteiger partial charge in [0.1, 0.15) is 6.04 Å². The molecule has 0 aliphatic carbocycles. The summed E-state index contributed by atoms with van der Waals surface area (Å²) in [7, 11) is 1.48. The third-order valence-electron chi connectivity index (χ3n) is 3.26. The lowest BCUT2D eigenvalue weighted by Crippen LogP contribution is -2.40. The van der Waals surface area contributed by atoms with Crippen LogP contribution in [0.25, 0.3) is 0 Å². The second-order valence-electron chi connectivity index (χ2n) is 5.24. The van der Waals surface area contributed by atoms with E-state index in [1.807, 2.05) is 19.9 Å². The van der Waals surface area contributed by atoms with Crippen LogP contribution in [-0.2, 0) is 17.8 Å². The molecule has 0 spiro atoms. The molecule has 0 aromatic heterocycles. The van der Waals surface area contributed by atoms with Crippen LogP contribution in [0.15, 0.2) is 24.8 Å². The molecule has 0 unspecified atom stereocenters. The predicted molar refractivity (Wildman–Crippen MR) is 81.7 cm³/mol. The molecule has 0 saturated carbocycles. The molecule has 0 aliphatic heterocycles. The lowest BCUT2D eigenvalue weighted by molar-refractivity contribution is -0.140. The Morgan fingerprint density at radius 3 is 2.62 bits per heavy atom. The Balaban J connectivity index is 2.95. The summed E-state index contributed by atoms with van der Waals surface area (Å²) in [5.41, 5.74) is 1.56. The number of nitrogens with one attached hydrogen (secondary N) is 1. The first-order valence-electron chi connectivity index (χ1n) is 6.86. The zero-order chi connectivity index (χ0) is 16.0. The van der Waals surface area contributed by atoms with Crippen LogP contribution in [-0.4, -0.2) is 29.3 Å². The van der Waals surface area contributed by atoms with E-state index in [-0.39, 0.29) is 11.7 Å². The molecule has 116 valence electrons. The van der Waals surface area contributed by atoms with Crippen molar-refractivity contribution in [2.24, 2.45) is 5.92 Å². The number of phenols is 1. The average molecular weight is 293 g/mol. The van der Waals surface area contributed by atoms with E-state index < -0.39 is 12.0 Å². The van der Waals surface area contributed by atoms with Gasteiger partial charge in [0.2, 0.25) is 0 Å². The monoisotopic (exact) mass is 293 g/mol. The zero-order valence-electron chi connectivity index (χ0n) is 12.7. The smallest absolute Gasteiger partial charge is 0.320 e. The Bertz CT molecular complexity index is 511. The number of carbonyl (C=O) groups is 1. The second kappa shape index (κ2) is 7.69. The minimum atomic E-state index is -0.873. The Hall–Kier alpha value is -2.01. The highest BCUT2D eigenvalue weighted by Crippen LogP contribution is 2.32. The zero-order valence-corrected chi connectivity index (χ0v) is 12.7. The summed E-state index contributed by atoms with van der Waals surface area (Å²) >= 11 is 0. The first kappa shape index (κ1) is 17.0. The summed E-state index contributed by atoms with van der Waals surface area (Å²) in [6.07, 6.45) is 2.21. The number of phenolic OH excluding ortho intramolecular Hbond substituents is 1. The number of methoxy groups -OCH3 is 1. The Labute approximate surface area is 125 Å². The van der Waals surface area contributed by atoms with Gasteiger partial charge in [0, 0.05) is 12.1 Å². The molecule has 0 fully saturated rings. The number of hydrogen-bond donors (Lipinski definition) is 3. The maximum atomic E-state index is 11.2. The van der Waals surface area contributed by atoms with Crippen molar-refractivity contribution in [3.05, 3.63) is 35.9 Å². The molecule has 1 aromatic rings. The van der Waals surface area contributed by atoms with E-state index in [4.69, 9.17) is 9.84 Å². The van der Waals surface area contributed by atoms with Crippen LogP contribution in [0.5, 0.6) is 11.5 Å². The van der Waals surface area contributed by atoms with Gasteiger partial charge in [0.25, 0.3) is 0 Å². The van der Waals surface area contributed by atoms with Crippen molar-refractivity contribution in [2.45, 2.75) is 32.9 Å². The van der Waals surface area contributed by atoms with Gasteiger partial charge in [-0.25, -0.2) is 0 Å². The van der Waals surface area contributed by atoms with Crippen LogP contribution in [0.4, 0.5) is 0 Å². The molecule has 0 aliphatic rings. The molecule has 0 saturated heterocycles. The van der Waals surface area contributed by atoms with Gasteiger partial charge in [-0.15, -0.1) is 6.58 Å². The molecule has 0 amide bonds. The molecule has 5 heteroatoms. The van der Waals surface area contributed by atoms with E-state index in [0.29, 0.717) is 24.3 Å². The number of aromatic hydroxyl groups is 1. The van der Waals surface area contributed by atoms with E-state index in [2.05, 4.69) is 11.9 Å². The summed E-state index contributed by atoms with van der Waals surface area (Å²) in [5.74, 6) is -0.418. The topological polar surface area (TPSA) is 78.8 Å². The van der Waals surface area contributed by atoms with Crippen molar-refractivity contribution in [1.82, 2.24) is 5.32 Å². The number of aliphatic carboxylic acids is 1. The van der Waals surface area contributed by atoms with Gasteiger partial charge >= 0.3 is 5.97 Å². The van der Waals surface area contributed by atoms with Crippen LogP contribution in [0.1, 0.15) is 25.0 Å². The van der Waals surface area contributed by atoms with E-state index in [1.54, 1.807) is 12.1 Å². The second-order valence-corrected chi connectivity index (χ2v) is 5.24. The summed E-state index contributed by atoms with van der Waals surface area (Å²) in [4.78, 5) is 11.2. The van der Waals surface area contributed by atoms with E-state index in [1.165, 1.54) is 7.11 Å². The Kier molecular flexibility index (Phi) is 6.24. The molecule has 1 rings (SSSR count). The highest BCUT2D eigenvalue weighted by atomic mass is 16.5. The minimum absolute atomic E-state index is 0.0193. The van der Waals surface area contributed by atoms with Crippen LogP contribution in [0.2, 0.25) is 0 Å². The number of carboxylic acids is 1. The summed E-state index contributed by atoms with van der Waals surface area (Å²) in [5, 5.41) is 22.2. The number of carboxylic acid groups (broad SMARTS) is 1. The molecule has 0 heterocycles. The fourth-order valence-corrected chi connectivity index (χ4v) is 2.13.